The largest absolute Gasteiger partial charge is 0.378 e. The van der Waals surface area contributed by atoms with Crippen molar-refractivity contribution < 1.29 is 13.9 Å². The van der Waals surface area contributed by atoms with E-state index >= 15 is 0 Å². The molecule has 0 unspecified atom stereocenters. The summed E-state index contributed by atoms with van der Waals surface area (Å²) in [4.78, 5) is 10.7. The van der Waals surface area contributed by atoms with Gasteiger partial charge in [-0.25, -0.2) is 4.39 Å². The number of nitrogens with one attached hydrogen (secondary N) is 1. The van der Waals surface area contributed by atoms with E-state index in [2.05, 4.69) is 5.32 Å². The molecule has 84 valence electrons. The van der Waals surface area contributed by atoms with Gasteiger partial charge in [0.15, 0.2) is 6.67 Å². The Hall–Kier alpha value is -0.640. The molecule has 3 nitrogen and oxygen atoms in total. The summed E-state index contributed by atoms with van der Waals surface area (Å²) in [5.41, 5.74) is -0.158. The first-order valence-corrected chi connectivity index (χ1v) is 4.81. The molecule has 0 aliphatic heterocycles. The van der Waals surface area contributed by atoms with E-state index in [1.807, 2.05) is 27.7 Å². The number of hydrogen-bond acceptors (Lipinski definition) is 2. The molecule has 0 aliphatic carbocycles. The molecule has 0 aromatic heterocycles. The van der Waals surface area contributed by atoms with Crippen LogP contribution in [0.4, 0.5) is 4.39 Å². The minimum absolute atomic E-state index is 0.158. The minimum atomic E-state index is -0.957. The van der Waals surface area contributed by atoms with Crippen molar-refractivity contribution in [3.63, 3.8) is 0 Å². The predicted molar refractivity (Wildman–Crippen MR) is 53.9 cm³/mol. The smallest absolute Gasteiger partial charge is 0.251 e. The normalized spacial score (nSPS) is 11.9. The van der Waals surface area contributed by atoms with E-state index in [0.717, 1.165) is 0 Å². The topological polar surface area (TPSA) is 38.3 Å². The fourth-order valence-corrected chi connectivity index (χ4v) is 0.828. The zero-order chi connectivity index (χ0) is 11.2. The van der Waals surface area contributed by atoms with Crippen LogP contribution in [0, 0.1) is 5.41 Å². The molecule has 0 saturated heterocycles. The number of carbonyl (C=O) groups is 1. The molecule has 0 aromatic rings. The van der Waals surface area contributed by atoms with E-state index in [0.29, 0.717) is 13.2 Å². The van der Waals surface area contributed by atoms with Gasteiger partial charge in [-0.1, -0.05) is 13.8 Å². The van der Waals surface area contributed by atoms with Gasteiger partial charge in [-0.15, -0.1) is 0 Å². The molecule has 0 spiro atoms. The summed E-state index contributed by atoms with van der Waals surface area (Å²) in [6, 6.07) is 0. The van der Waals surface area contributed by atoms with Crippen LogP contribution >= 0.6 is 0 Å². The van der Waals surface area contributed by atoms with E-state index in [1.165, 1.54) is 0 Å². The van der Waals surface area contributed by atoms with Crippen molar-refractivity contribution in [1.82, 2.24) is 5.32 Å². The Morgan fingerprint density at radius 3 is 2.50 bits per heavy atom. The molecule has 0 aromatic carbocycles. The van der Waals surface area contributed by atoms with Gasteiger partial charge >= 0.3 is 0 Å². The Labute approximate surface area is 85.0 Å². The number of halogens is 1. The number of hydrogen-bond donors (Lipinski definition) is 1. The summed E-state index contributed by atoms with van der Waals surface area (Å²) in [6.45, 7) is 7.87. The molecule has 0 rings (SSSR count). The average Bonchev–Trinajstić information content (AvgIpc) is 2.11. The van der Waals surface area contributed by atoms with Crippen molar-refractivity contribution in [2.24, 2.45) is 5.41 Å². The van der Waals surface area contributed by atoms with Gasteiger partial charge in [0.1, 0.15) is 0 Å². The lowest BCUT2D eigenvalue weighted by atomic mass is 9.95. The zero-order valence-electron chi connectivity index (χ0n) is 9.39. The Bertz CT molecular complexity index is 181. The standard InChI is InChI=1S/C10H20FNO2/c1-8(2)14-7-10(3,4)6-12-9(13)5-11/h8H,5-7H2,1-4H3,(H,12,13). The summed E-state index contributed by atoms with van der Waals surface area (Å²) >= 11 is 0. The van der Waals surface area contributed by atoms with Crippen LogP contribution in [0.3, 0.4) is 0 Å². The molecule has 0 atom stereocenters. The third-order valence-corrected chi connectivity index (χ3v) is 1.69. The highest BCUT2D eigenvalue weighted by atomic mass is 19.1. The number of alkyl halides is 1. The monoisotopic (exact) mass is 205 g/mol. The van der Waals surface area contributed by atoms with Crippen molar-refractivity contribution in [2.45, 2.75) is 33.8 Å². The van der Waals surface area contributed by atoms with Gasteiger partial charge in [0.2, 0.25) is 0 Å². The molecule has 0 aliphatic rings. The Balaban J connectivity index is 3.77. The molecular formula is C10H20FNO2. The van der Waals surface area contributed by atoms with Crippen LogP contribution < -0.4 is 5.32 Å². The highest BCUT2D eigenvalue weighted by Crippen LogP contribution is 2.14. The Morgan fingerprint density at radius 1 is 1.50 bits per heavy atom. The highest BCUT2D eigenvalue weighted by molar-refractivity contribution is 5.76. The van der Waals surface area contributed by atoms with Crippen LogP contribution in [0.25, 0.3) is 0 Å². The van der Waals surface area contributed by atoms with E-state index in [9.17, 15) is 9.18 Å². The quantitative estimate of drug-likeness (QED) is 0.714. The second-order valence-electron chi connectivity index (χ2n) is 4.43. The average molecular weight is 205 g/mol. The third-order valence-electron chi connectivity index (χ3n) is 1.69. The molecule has 1 amide bonds. The summed E-state index contributed by atoms with van der Waals surface area (Å²) in [7, 11) is 0. The first kappa shape index (κ1) is 13.4. The highest BCUT2D eigenvalue weighted by Gasteiger charge is 2.19. The van der Waals surface area contributed by atoms with Crippen molar-refractivity contribution in [1.29, 1.82) is 0 Å². The van der Waals surface area contributed by atoms with Crippen LogP contribution in [-0.2, 0) is 9.53 Å². The summed E-state index contributed by atoms with van der Waals surface area (Å²) < 4.78 is 17.3. The lowest BCUT2D eigenvalue weighted by Gasteiger charge is -2.25. The number of amides is 1. The van der Waals surface area contributed by atoms with E-state index in [-0.39, 0.29) is 11.5 Å². The Kier molecular flexibility index (Phi) is 5.69. The van der Waals surface area contributed by atoms with Crippen LogP contribution in [0.5, 0.6) is 0 Å². The first-order chi connectivity index (χ1) is 6.37. The van der Waals surface area contributed by atoms with Crippen molar-refractivity contribution in [3.05, 3.63) is 0 Å². The van der Waals surface area contributed by atoms with Crippen molar-refractivity contribution >= 4 is 5.91 Å². The lowest BCUT2D eigenvalue weighted by Crippen LogP contribution is -2.37. The van der Waals surface area contributed by atoms with E-state index in [1.54, 1.807) is 0 Å². The molecular weight excluding hydrogens is 185 g/mol. The number of rotatable bonds is 6. The summed E-state index contributed by atoms with van der Waals surface area (Å²) in [5.74, 6) is -0.567. The van der Waals surface area contributed by atoms with Gasteiger partial charge in [-0.05, 0) is 13.8 Å². The molecule has 0 saturated carbocycles. The van der Waals surface area contributed by atoms with Gasteiger partial charge in [-0.2, -0.15) is 0 Å². The second-order valence-corrected chi connectivity index (χ2v) is 4.43. The van der Waals surface area contributed by atoms with Gasteiger partial charge in [0, 0.05) is 12.0 Å². The third kappa shape index (κ3) is 6.83. The fourth-order valence-electron chi connectivity index (χ4n) is 0.828. The van der Waals surface area contributed by atoms with Crippen LogP contribution in [0.1, 0.15) is 27.7 Å². The van der Waals surface area contributed by atoms with Crippen molar-refractivity contribution in [2.75, 3.05) is 19.8 Å². The van der Waals surface area contributed by atoms with Crippen LogP contribution in [0.15, 0.2) is 0 Å². The molecule has 0 fully saturated rings. The second kappa shape index (κ2) is 5.96. The van der Waals surface area contributed by atoms with Crippen LogP contribution in [0.2, 0.25) is 0 Å². The van der Waals surface area contributed by atoms with Gasteiger partial charge < -0.3 is 10.1 Å². The van der Waals surface area contributed by atoms with Gasteiger partial charge in [0.05, 0.1) is 12.7 Å². The molecule has 0 radical (unpaired) electrons. The molecule has 0 heterocycles. The first-order valence-electron chi connectivity index (χ1n) is 4.81. The van der Waals surface area contributed by atoms with Gasteiger partial charge in [-0.3, -0.25) is 4.79 Å². The zero-order valence-corrected chi connectivity index (χ0v) is 9.39. The number of carbonyl (C=O) groups excluding carboxylic acids is 1. The molecule has 14 heavy (non-hydrogen) atoms. The predicted octanol–water partition coefficient (Wildman–Crippen LogP) is 1.52. The van der Waals surface area contributed by atoms with Crippen LogP contribution in [-0.4, -0.2) is 31.8 Å². The summed E-state index contributed by atoms with van der Waals surface area (Å²) in [6.07, 6.45) is 0.172. The molecule has 1 N–H and O–H groups in total. The molecule has 4 heteroatoms. The maximum atomic E-state index is 11.8. The van der Waals surface area contributed by atoms with Crippen molar-refractivity contribution in [3.8, 4) is 0 Å². The minimum Gasteiger partial charge on any atom is -0.378 e. The fraction of sp³-hybridized carbons (Fsp3) is 0.900. The molecule has 0 bridgehead atoms. The maximum Gasteiger partial charge on any atom is 0.251 e. The Morgan fingerprint density at radius 2 is 2.07 bits per heavy atom. The number of ether oxygens (including phenoxy) is 1. The summed E-state index contributed by atoms with van der Waals surface area (Å²) in [5, 5.41) is 2.50. The van der Waals surface area contributed by atoms with E-state index < -0.39 is 12.6 Å². The SMILES string of the molecule is CC(C)OCC(C)(C)CNC(=O)CF. The van der Waals surface area contributed by atoms with E-state index in [4.69, 9.17) is 4.74 Å². The lowest BCUT2D eigenvalue weighted by molar-refractivity contribution is -0.122. The van der Waals surface area contributed by atoms with Gasteiger partial charge in [0.25, 0.3) is 5.91 Å². The maximum absolute atomic E-state index is 11.8.